The highest BCUT2D eigenvalue weighted by atomic mass is 32.2. The Hall–Kier alpha value is -2.32. The Morgan fingerprint density at radius 1 is 1.00 bits per heavy atom. The van der Waals surface area contributed by atoms with Gasteiger partial charge in [0.1, 0.15) is 0 Å². The number of carbonyl (C=O) groups is 1. The number of hydrogen-bond acceptors (Lipinski definition) is 5. The number of nitrogens with zero attached hydrogens (tertiary/aromatic N) is 3. The van der Waals surface area contributed by atoms with Crippen molar-refractivity contribution in [1.29, 1.82) is 0 Å². The second-order valence-electron chi connectivity index (χ2n) is 10.7. The summed E-state index contributed by atoms with van der Waals surface area (Å²) in [5.74, 6) is 1.06. The summed E-state index contributed by atoms with van der Waals surface area (Å²) in [6, 6.07) is 18.9. The van der Waals surface area contributed by atoms with Crippen LogP contribution in [0, 0.1) is 11.8 Å². The molecule has 2 aromatic rings. The zero-order chi connectivity index (χ0) is 25.3. The quantitative estimate of drug-likeness (QED) is 0.540. The van der Waals surface area contributed by atoms with Crippen LogP contribution in [0.15, 0.2) is 59.6 Å². The van der Waals surface area contributed by atoms with E-state index in [0.29, 0.717) is 17.5 Å². The molecular formula is C28H35N3O3S2. The molecule has 0 spiro atoms. The van der Waals surface area contributed by atoms with E-state index in [4.69, 9.17) is 0 Å². The number of amides is 1. The fourth-order valence-corrected chi connectivity index (χ4v) is 9.47. The molecule has 0 saturated carbocycles. The average Bonchev–Trinajstić information content (AvgIpc) is 3.30. The number of carbonyl (C=O) groups excluding carboxylic acids is 1. The van der Waals surface area contributed by atoms with Gasteiger partial charge < -0.3 is 9.80 Å². The topological polar surface area (TPSA) is 70.0 Å². The minimum atomic E-state index is -3.08. The first kappa shape index (κ1) is 25.3. The molecule has 3 aliphatic rings. The first-order valence-corrected chi connectivity index (χ1v) is 15.6. The number of aliphatic imine (C=N–C) groups is 1. The number of amidine groups is 1. The fraction of sp³-hybridized carbons (Fsp3) is 0.500. The molecule has 0 aliphatic carbocycles. The molecule has 3 saturated heterocycles. The van der Waals surface area contributed by atoms with Gasteiger partial charge in [0.25, 0.3) is 0 Å². The lowest BCUT2D eigenvalue weighted by Crippen LogP contribution is -2.38. The summed E-state index contributed by atoms with van der Waals surface area (Å²) in [7, 11) is -3.08. The van der Waals surface area contributed by atoms with Crippen molar-refractivity contribution >= 4 is 44.0 Å². The van der Waals surface area contributed by atoms with Crippen molar-refractivity contribution in [1.82, 2.24) is 0 Å². The van der Waals surface area contributed by atoms with E-state index < -0.39 is 9.84 Å². The maximum absolute atomic E-state index is 12.5. The second kappa shape index (κ2) is 10.6. The molecule has 1 amide bonds. The van der Waals surface area contributed by atoms with E-state index >= 15 is 0 Å². The Morgan fingerprint density at radius 2 is 1.67 bits per heavy atom. The normalized spacial score (nSPS) is 25.0. The number of benzene rings is 2. The van der Waals surface area contributed by atoms with Gasteiger partial charge in [0.2, 0.25) is 5.91 Å². The lowest BCUT2D eigenvalue weighted by molar-refractivity contribution is -0.118. The third-order valence-corrected chi connectivity index (χ3v) is 10.6. The van der Waals surface area contributed by atoms with Crippen LogP contribution in [0.25, 0.3) is 0 Å². The van der Waals surface area contributed by atoms with E-state index in [-0.39, 0.29) is 34.6 Å². The third kappa shape index (κ3) is 5.80. The van der Waals surface area contributed by atoms with Crippen LogP contribution in [-0.2, 0) is 21.1 Å². The fourth-order valence-electron chi connectivity index (χ4n) is 5.53. The second-order valence-corrected chi connectivity index (χ2v) is 14.1. The van der Waals surface area contributed by atoms with Gasteiger partial charge in [-0.25, -0.2) is 8.42 Å². The van der Waals surface area contributed by atoms with Gasteiger partial charge in [-0.05, 0) is 60.9 Å². The molecule has 3 aliphatic heterocycles. The highest BCUT2D eigenvalue weighted by molar-refractivity contribution is 8.16. The molecule has 0 aromatic heterocycles. The van der Waals surface area contributed by atoms with Crippen LogP contribution < -0.4 is 9.80 Å². The molecular weight excluding hydrogens is 490 g/mol. The predicted octanol–water partition coefficient (Wildman–Crippen LogP) is 4.79. The lowest BCUT2D eigenvalue weighted by Gasteiger charge is -2.34. The van der Waals surface area contributed by atoms with Gasteiger partial charge in [0.15, 0.2) is 15.0 Å². The van der Waals surface area contributed by atoms with Crippen LogP contribution in [0.5, 0.6) is 0 Å². The summed E-state index contributed by atoms with van der Waals surface area (Å²) in [6.07, 6.45) is 3.89. The molecule has 0 radical (unpaired) electrons. The molecule has 2 atom stereocenters. The smallest absolute Gasteiger partial charge is 0.248 e. The van der Waals surface area contributed by atoms with Crippen molar-refractivity contribution in [2.45, 2.75) is 50.8 Å². The van der Waals surface area contributed by atoms with Gasteiger partial charge in [-0.15, -0.1) is 0 Å². The molecule has 0 N–H and O–H groups in total. The number of rotatable bonds is 6. The zero-order valence-electron chi connectivity index (χ0n) is 21.0. The van der Waals surface area contributed by atoms with Crippen molar-refractivity contribution in [2.24, 2.45) is 16.8 Å². The Kier molecular flexibility index (Phi) is 7.45. The molecule has 3 fully saturated rings. The van der Waals surface area contributed by atoms with Crippen LogP contribution in [0.1, 0.15) is 38.7 Å². The largest absolute Gasteiger partial charge is 0.372 e. The van der Waals surface area contributed by atoms with Gasteiger partial charge in [0, 0.05) is 36.1 Å². The highest BCUT2D eigenvalue weighted by Crippen LogP contribution is 2.41. The van der Waals surface area contributed by atoms with Crippen molar-refractivity contribution in [3.05, 3.63) is 60.2 Å². The standard InChI is InChI=1S/C28H35N3O3S2/c1-20(2)16-27(32)29-28-31(25-18-36(33,34)19-26(25)35-28)24-10-8-23(9-11-24)30-14-12-22(13-15-30)17-21-6-4-3-5-7-21/h3-11,20,22,25-26H,12-19H2,1-2H3/t25-,26+/m0/s1. The Bertz CT molecular complexity index is 1200. The van der Waals surface area contributed by atoms with E-state index in [1.165, 1.54) is 35.9 Å². The Morgan fingerprint density at radius 3 is 2.33 bits per heavy atom. The lowest BCUT2D eigenvalue weighted by atomic mass is 9.90. The van der Waals surface area contributed by atoms with E-state index in [1.54, 1.807) is 0 Å². The van der Waals surface area contributed by atoms with E-state index in [9.17, 15) is 13.2 Å². The molecule has 3 heterocycles. The number of hydrogen-bond donors (Lipinski definition) is 0. The highest BCUT2D eigenvalue weighted by Gasteiger charge is 2.49. The molecule has 5 rings (SSSR count). The van der Waals surface area contributed by atoms with Crippen LogP contribution in [0.4, 0.5) is 11.4 Å². The third-order valence-electron chi connectivity index (χ3n) is 7.34. The number of sulfone groups is 1. The Labute approximate surface area is 219 Å². The molecule has 36 heavy (non-hydrogen) atoms. The van der Waals surface area contributed by atoms with E-state index in [0.717, 1.165) is 25.2 Å². The number of piperidine rings is 1. The minimum absolute atomic E-state index is 0.0797. The van der Waals surface area contributed by atoms with Gasteiger partial charge in [0.05, 0.1) is 17.5 Å². The summed E-state index contributed by atoms with van der Waals surface area (Å²) in [5.41, 5.74) is 3.51. The van der Waals surface area contributed by atoms with Crippen LogP contribution in [-0.4, -0.2) is 55.4 Å². The van der Waals surface area contributed by atoms with Crippen LogP contribution >= 0.6 is 11.8 Å². The summed E-state index contributed by atoms with van der Waals surface area (Å²) < 4.78 is 24.7. The van der Waals surface area contributed by atoms with Gasteiger partial charge >= 0.3 is 0 Å². The zero-order valence-corrected chi connectivity index (χ0v) is 22.7. The maximum Gasteiger partial charge on any atom is 0.248 e. The number of thioether (sulfide) groups is 1. The summed E-state index contributed by atoms with van der Waals surface area (Å²) in [5, 5.41) is 0.559. The SMILES string of the molecule is CC(C)CC(=O)N=C1S[C@@H]2CS(=O)(=O)C[C@@H]2N1c1ccc(N2CCC(Cc3ccccc3)CC2)cc1. The molecule has 0 bridgehead atoms. The molecule has 6 nitrogen and oxygen atoms in total. The Balaban J connectivity index is 1.28. The molecule has 192 valence electrons. The van der Waals surface area contributed by atoms with Crippen molar-refractivity contribution in [3.63, 3.8) is 0 Å². The predicted molar refractivity (Wildman–Crippen MR) is 150 cm³/mol. The monoisotopic (exact) mass is 525 g/mol. The summed E-state index contributed by atoms with van der Waals surface area (Å²) >= 11 is 1.44. The summed E-state index contributed by atoms with van der Waals surface area (Å²) in [6.45, 7) is 6.08. The van der Waals surface area contributed by atoms with Crippen molar-refractivity contribution < 1.29 is 13.2 Å². The first-order valence-electron chi connectivity index (χ1n) is 12.9. The minimum Gasteiger partial charge on any atom is -0.372 e. The molecule has 0 unspecified atom stereocenters. The number of anilines is 2. The van der Waals surface area contributed by atoms with Crippen molar-refractivity contribution in [2.75, 3.05) is 34.4 Å². The number of fused-ring (bicyclic) bond motifs is 1. The molecule has 8 heteroatoms. The maximum atomic E-state index is 12.5. The van der Waals surface area contributed by atoms with Gasteiger partial charge in [-0.1, -0.05) is 55.9 Å². The van der Waals surface area contributed by atoms with Crippen LogP contribution in [0.2, 0.25) is 0 Å². The average molecular weight is 526 g/mol. The van der Waals surface area contributed by atoms with Gasteiger partial charge in [-0.2, -0.15) is 4.99 Å². The van der Waals surface area contributed by atoms with E-state index in [1.807, 2.05) is 18.7 Å². The first-order chi connectivity index (χ1) is 17.3. The molecule has 2 aromatic carbocycles. The summed E-state index contributed by atoms with van der Waals surface area (Å²) in [4.78, 5) is 21.3. The van der Waals surface area contributed by atoms with Crippen molar-refractivity contribution in [3.8, 4) is 0 Å². The van der Waals surface area contributed by atoms with Crippen LogP contribution in [0.3, 0.4) is 0 Å². The van der Waals surface area contributed by atoms with E-state index in [2.05, 4.69) is 64.5 Å². The van der Waals surface area contributed by atoms with Gasteiger partial charge in [-0.3, -0.25) is 4.79 Å².